The van der Waals surface area contributed by atoms with E-state index < -0.39 is 48.6 Å². The first-order chi connectivity index (χ1) is 47.4. The Morgan fingerprint density at radius 2 is 0.390 bits per heavy atom. The zero-order valence-electron chi connectivity index (χ0n) is 68.5. The smallest absolute Gasteiger partial charge is 0.307 e. The summed E-state index contributed by atoms with van der Waals surface area (Å²) in [5.74, 6) is -1.70. The Morgan fingerprint density at radius 3 is 0.510 bits per heavy atom. The van der Waals surface area contributed by atoms with E-state index in [1.807, 2.05) is 0 Å². The van der Waals surface area contributed by atoms with Gasteiger partial charge in [0.1, 0.15) is 0 Å². The minimum Gasteiger partial charge on any atom is -0.481 e. The van der Waals surface area contributed by atoms with Crippen molar-refractivity contribution >= 4 is 23.9 Å². The van der Waals surface area contributed by atoms with Crippen LogP contribution in [0.4, 0.5) is 0 Å². The van der Waals surface area contributed by atoms with E-state index in [1.165, 1.54) is 334 Å². The summed E-state index contributed by atoms with van der Waals surface area (Å²) in [6.45, 7) is 32.6. The van der Waals surface area contributed by atoms with Crippen LogP contribution in [-0.4, -0.2) is 70.5 Å². The summed E-state index contributed by atoms with van der Waals surface area (Å²) in [4.78, 5) is 41.9. The lowest BCUT2D eigenvalue weighted by Crippen LogP contribution is -2.33. The number of hydrogen-bond acceptors (Lipinski definition) is 8. The molecule has 4 saturated carbocycles. The Balaban J connectivity index is 0.00000123. The van der Waals surface area contributed by atoms with Crippen molar-refractivity contribution in [1.82, 2.24) is 0 Å². The molecule has 12 N–H and O–H groups in total. The summed E-state index contributed by atoms with van der Waals surface area (Å²) in [6.07, 6.45) is 73.0. The Labute approximate surface area is 620 Å². The van der Waals surface area contributed by atoms with Crippen molar-refractivity contribution in [2.24, 2.45) is 104 Å². The fourth-order valence-corrected chi connectivity index (χ4v) is 17.0. The quantitative estimate of drug-likeness (QED) is 0.0265. The SMILES string of the molecule is CC(C)(C)C1CCC(CCCCCCCCCCN)CC1.CC(C)(C)C1CCC(CCCCCCCCCCN)CC1.CC(C)(C)C1CCC(CCCCCCCCCCN)CC1.CC(C)(C)C1CCC(CCCCCCCCCCN)CC1.O=C(O)CC(C(=O)O)C(CC(=O)O)C(=O)O. The van der Waals surface area contributed by atoms with E-state index in [1.54, 1.807) is 0 Å². The number of carboxylic acid groups (broad SMARTS) is 4. The van der Waals surface area contributed by atoms with E-state index in [0.29, 0.717) is 21.7 Å². The first-order valence-electron chi connectivity index (χ1n) is 43.1. The van der Waals surface area contributed by atoms with Gasteiger partial charge in [-0.15, -0.1) is 0 Å². The maximum atomic E-state index is 10.6. The molecule has 0 radical (unpaired) electrons. The molecular formula is C88H174N4O8. The van der Waals surface area contributed by atoms with Gasteiger partial charge in [0.25, 0.3) is 0 Å². The van der Waals surface area contributed by atoms with Crippen molar-refractivity contribution in [2.45, 2.75) is 430 Å². The lowest BCUT2D eigenvalue weighted by molar-refractivity contribution is -0.160. The van der Waals surface area contributed by atoms with E-state index in [9.17, 15) is 19.2 Å². The molecule has 0 amide bonds. The van der Waals surface area contributed by atoms with Crippen molar-refractivity contribution in [3.8, 4) is 0 Å². The van der Waals surface area contributed by atoms with Crippen LogP contribution in [0, 0.1) is 80.8 Å². The molecule has 4 rings (SSSR count). The molecule has 100 heavy (non-hydrogen) atoms. The topological polar surface area (TPSA) is 253 Å². The van der Waals surface area contributed by atoms with Crippen molar-refractivity contribution in [1.29, 1.82) is 0 Å². The Kier molecular flexibility index (Phi) is 58.4. The van der Waals surface area contributed by atoms with Crippen LogP contribution >= 0.6 is 0 Å². The number of aliphatic carboxylic acids is 4. The van der Waals surface area contributed by atoms with Gasteiger partial charge in [0.2, 0.25) is 0 Å². The molecule has 2 atom stereocenters. The summed E-state index contributed by atoms with van der Waals surface area (Å²) in [5, 5.41) is 34.1. The van der Waals surface area contributed by atoms with Gasteiger partial charge < -0.3 is 43.4 Å². The molecule has 594 valence electrons. The third-order valence-corrected chi connectivity index (χ3v) is 24.5. The summed E-state index contributed by atoms with van der Waals surface area (Å²) in [6, 6.07) is 0. The molecule has 0 heterocycles. The highest BCUT2D eigenvalue weighted by atomic mass is 16.4. The fraction of sp³-hybridized carbons (Fsp3) is 0.955. The largest absolute Gasteiger partial charge is 0.481 e. The first kappa shape index (κ1) is 97.7. The summed E-state index contributed by atoms with van der Waals surface area (Å²) in [5.41, 5.74) is 24.2. The third-order valence-electron chi connectivity index (χ3n) is 24.5. The van der Waals surface area contributed by atoms with Gasteiger partial charge in [-0.3, -0.25) is 19.2 Å². The zero-order valence-corrected chi connectivity index (χ0v) is 68.5. The van der Waals surface area contributed by atoms with Crippen molar-refractivity contribution < 1.29 is 39.6 Å². The van der Waals surface area contributed by atoms with Crippen molar-refractivity contribution in [2.75, 3.05) is 26.2 Å². The van der Waals surface area contributed by atoms with Gasteiger partial charge in [-0.2, -0.15) is 0 Å². The normalized spacial score (nSPS) is 21.9. The van der Waals surface area contributed by atoms with E-state index >= 15 is 0 Å². The van der Waals surface area contributed by atoms with Gasteiger partial charge in [-0.05, 0) is 172 Å². The minimum atomic E-state index is -1.76. The van der Waals surface area contributed by atoms with Gasteiger partial charge >= 0.3 is 23.9 Å². The minimum absolute atomic E-state index is 0.537. The van der Waals surface area contributed by atoms with Crippen molar-refractivity contribution in [3.63, 3.8) is 0 Å². The van der Waals surface area contributed by atoms with Crippen LogP contribution in [0.1, 0.15) is 430 Å². The average molecular weight is 1420 g/mol. The number of rotatable bonds is 47. The number of carbonyl (C=O) groups is 4. The van der Waals surface area contributed by atoms with Gasteiger partial charge in [0.05, 0.1) is 24.7 Å². The highest BCUT2D eigenvalue weighted by Gasteiger charge is 2.38. The molecule has 4 aliphatic rings. The Hall–Kier alpha value is -2.28. The molecule has 12 nitrogen and oxygen atoms in total. The predicted octanol–water partition coefficient (Wildman–Crippen LogP) is 24.6. The van der Waals surface area contributed by atoms with Gasteiger partial charge in [-0.25, -0.2) is 0 Å². The van der Waals surface area contributed by atoms with Gasteiger partial charge in [0, 0.05) is 0 Å². The number of unbranched alkanes of at least 4 members (excludes halogenated alkanes) is 28. The molecule has 0 saturated heterocycles. The molecule has 2 unspecified atom stereocenters. The number of nitrogens with two attached hydrogens (primary N) is 4. The summed E-state index contributed by atoms with van der Waals surface area (Å²) in [7, 11) is 0. The van der Waals surface area contributed by atoms with Crippen LogP contribution in [0.25, 0.3) is 0 Å². The van der Waals surface area contributed by atoms with Crippen LogP contribution in [0.3, 0.4) is 0 Å². The van der Waals surface area contributed by atoms with E-state index in [4.69, 9.17) is 43.4 Å². The third kappa shape index (κ3) is 54.3. The predicted molar refractivity (Wildman–Crippen MR) is 429 cm³/mol. The molecule has 0 aromatic carbocycles. The van der Waals surface area contributed by atoms with Crippen LogP contribution in [0.15, 0.2) is 0 Å². The second-order valence-corrected chi connectivity index (χ2v) is 37.0. The number of hydrogen-bond donors (Lipinski definition) is 8. The van der Waals surface area contributed by atoms with E-state index in [-0.39, 0.29) is 0 Å². The van der Waals surface area contributed by atoms with Crippen LogP contribution < -0.4 is 22.9 Å². The molecule has 0 aliphatic heterocycles. The van der Waals surface area contributed by atoms with Gasteiger partial charge in [0.15, 0.2) is 0 Å². The molecule has 4 aliphatic carbocycles. The molecule has 0 spiro atoms. The number of carboxylic acids is 4. The zero-order chi connectivity index (χ0) is 75.1. The lowest BCUT2D eigenvalue weighted by atomic mass is 9.69. The first-order valence-corrected chi connectivity index (χ1v) is 43.1. The Bertz CT molecular complexity index is 1670. The second kappa shape index (κ2) is 59.8. The molecule has 0 aromatic rings. The standard InChI is InChI=1S/4C20H41N.C8H10O8/c4*1-20(2,3)19-15-13-18(14-16-19)12-10-8-6-4-5-7-9-11-17-21;9-5(10)1-3(7(13)14)4(8(15)16)2-6(11)12/h4*18-19H,4-17,21H2,1-3H3;3-4H,1-2H2,(H,9,10)(H,11,12)(H,13,14)(H,15,16). The molecule has 0 bridgehead atoms. The van der Waals surface area contributed by atoms with Gasteiger partial charge in [-0.1, -0.05) is 340 Å². The molecular weight excluding hydrogens is 1240 g/mol. The second-order valence-electron chi connectivity index (χ2n) is 37.0. The maximum Gasteiger partial charge on any atom is 0.307 e. The van der Waals surface area contributed by atoms with Crippen LogP contribution in [-0.2, 0) is 19.2 Å². The van der Waals surface area contributed by atoms with Crippen LogP contribution in [0.5, 0.6) is 0 Å². The summed E-state index contributed by atoms with van der Waals surface area (Å²) >= 11 is 0. The fourth-order valence-electron chi connectivity index (χ4n) is 17.0. The monoisotopic (exact) mass is 1420 g/mol. The highest BCUT2D eigenvalue weighted by molar-refractivity contribution is 5.86. The van der Waals surface area contributed by atoms with E-state index in [0.717, 1.165) is 73.5 Å². The molecule has 0 aromatic heterocycles. The maximum absolute atomic E-state index is 10.6. The molecule has 4 fully saturated rings. The summed E-state index contributed by atoms with van der Waals surface area (Å²) < 4.78 is 0. The van der Waals surface area contributed by atoms with Crippen LogP contribution in [0.2, 0.25) is 0 Å². The lowest BCUT2D eigenvalue weighted by Gasteiger charge is -2.37. The molecule has 12 heteroatoms. The van der Waals surface area contributed by atoms with E-state index in [2.05, 4.69) is 83.1 Å². The highest BCUT2D eigenvalue weighted by Crippen LogP contribution is 2.45. The average Bonchev–Trinajstić information content (AvgIpc) is 0.937. The Morgan fingerprint density at radius 1 is 0.250 bits per heavy atom. The van der Waals surface area contributed by atoms with Crippen molar-refractivity contribution in [3.05, 3.63) is 0 Å².